The average Bonchev–Trinajstić information content (AvgIpc) is 3.44. The van der Waals surface area contributed by atoms with E-state index in [1.54, 1.807) is 17.0 Å². The highest BCUT2D eigenvalue weighted by atomic mass is 32.1. The molecule has 1 N–H and O–H groups in total. The molecule has 34 heavy (non-hydrogen) atoms. The number of ketones is 1. The molecule has 2 aromatic carbocycles. The van der Waals surface area contributed by atoms with Crippen LogP contribution in [0.25, 0.3) is 5.76 Å². The fourth-order valence-electron chi connectivity index (χ4n) is 4.04. The van der Waals surface area contributed by atoms with Gasteiger partial charge in [-0.15, -0.1) is 11.3 Å². The van der Waals surface area contributed by atoms with Crippen LogP contribution in [0.3, 0.4) is 0 Å². The Hall–Kier alpha value is -3.42. The summed E-state index contributed by atoms with van der Waals surface area (Å²) in [5.41, 5.74) is 2.46. The number of amides is 1. The lowest BCUT2D eigenvalue weighted by Crippen LogP contribution is -2.35. The van der Waals surface area contributed by atoms with E-state index in [2.05, 4.69) is 0 Å². The number of thiophene rings is 1. The van der Waals surface area contributed by atoms with Crippen LogP contribution < -0.4 is 4.74 Å². The molecule has 0 radical (unpaired) electrons. The van der Waals surface area contributed by atoms with Crippen LogP contribution in [0.1, 0.15) is 27.6 Å². The van der Waals surface area contributed by atoms with Gasteiger partial charge in [0, 0.05) is 23.5 Å². The molecule has 0 bridgehead atoms. The van der Waals surface area contributed by atoms with Crippen LogP contribution in [0.5, 0.6) is 5.75 Å². The van der Waals surface area contributed by atoms with Crippen LogP contribution in [-0.2, 0) is 16.2 Å². The Morgan fingerprint density at radius 3 is 2.50 bits per heavy atom. The molecule has 0 spiro atoms. The number of ether oxygens (including phenoxy) is 1. The van der Waals surface area contributed by atoms with E-state index in [0.717, 1.165) is 16.0 Å². The molecule has 1 aliphatic rings. The van der Waals surface area contributed by atoms with Crippen LogP contribution in [0.15, 0.2) is 71.6 Å². The molecule has 4 rings (SSSR count). The predicted molar refractivity (Wildman–Crippen MR) is 134 cm³/mol. The van der Waals surface area contributed by atoms with E-state index >= 15 is 0 Å². The van der Waals surface area contributed by atoms with E-state index in [4.69, 9.17) is 4.74 Å². The van der Waals surface area contributed by atoms with Crippen LogP contribution in [0.2, 0.25) is 0 Å². The molecule has 0 aliphatic carbocycles. The molecule has 1 aliphatic heterocycles. The molecule has 1 amide bonds. The van der Waals surface area contributed by atoms with Gasteiger partial charge in [0.05, 0.1) is 11.6 Å². The summed E-state index contributed by atoms with van der Waals surface area (Å²) < 4.78 is 5.89. The number of rotatable bonds is 8. The summed E-state index contributed by atoms with van der Waals surface area (Å²) in [6.07, 6.45) is 0. The summed E-state index contributed by atoms with van der Waals surface area (Å²) in [6.45, 7) is 3.29. The number of likely N-dealkylation sites (N-methyl/N-ethyl adjacent to an activating group) is 1. The van der Waals surface area contributed by atoms with Crippen molar-refractivity contribution in [1.82, 2.24) is 9.80 Å². The topological polar surface area (TPSA) is 70.1 Å². The molecular weight excluding hydrogens is 448 g/mol. The second-order valence-corrected chi connectivity index (χ2v) is 9.54. The molecule has 176 valence electrons. The van der Waals surface area contributed by atoms with Crippen molar-refractivity contribution in [3.8, 4) is 5.75 Å². The highest BCUT2D eigenvalue weighted by molar-refractivity contribution is 7.10. The number of benzene rings is 2. The van der Waals surface area contributed by atoms with E-state index in [9.17, 15) is 14.7 Å². The maximum absolute atomic E-state index is 13.1. The Morgan fingerprint density at radius 1 is 1.09 bits per heavy atom. The lowest BCUT2D eigenvalue weighted by molar-refractivity contribution is -0.140. The summed E-state index contributed by atoms with van der Waals surface area (Å²) in [7, 11) is 3.84. The standard InChI is InChI=1S/C27H28N2O4S/c1-18-16-20(33-17-19-8-5-4-6-9-19)11-12-21(18)25(30)23-24(22-10-7-15-34-22)29(14-13-28(2)3)27(32)26(23)31/h4-12,15-16,24,30H,13-14,17H2,1-3H3/b25-23+/t24-/m1/s1. The normalized spacial score (nSPS) is 17.5. The molecule has 1 atom stereocenters. The number of aryl methyl sites for hydroxylation is 1. The van der Waals surface area contributed by atoms with E-state index in [1.165, 1.54) is 11.3 Å². The van der Waals surface area contributed by atoms with Gasteiger partial charge in [-0.1, -0.05) is 36.4 Å². The maximum Gasteiger partial charge on any atom is 0.295 e. The van der Waals surface area contributed by atoms with Crippen molar-refractivity contribution in [3.63, 3.8) is 0 Å². The number of nitrogens with zero attached hydrogens (tertiary/aromatic N) is 2. The van der Waals surface area contributed by atoms with Crippen LogP contribution in [-0.4, -0.2) is 53.8 Å². The first kappa shape index (κ1) is 23.7. The lowest BCUT2D eigenvalue weighted by Gasteiger charge is -2.25. The zero-order valence-electron chi connectivity index (χ0n) is 19.5. The number of likely N-dealkylation sites (tertiary alicyclic amines) is 1. The minimum atomic E-state index is -0.654. The summed E-state index contributed by atoms with van der Waals surface area (Å²) in [5.74, 6) is -0.726. The SMILES string of the molecule is Cc1cc(OCc2ccccc2)ccc1/C(O)=C1\C(=O)C(=O)N(CCN(C)C)[C@@H]1c1cccs1. The smallest absolute Gasteiger partial charge is 0.295 e. The van der Waals surface area contributed by atoms with Gasteiger partial charge in [-0.25, -0.2) is 0 Å². The van der Waals surface area contributed by atoms with Gasteiger partial charge in [0.25, 0.3) is 11.7 Å². The molecule has 1 fully saturated rings. The van der Waals surface area contributed by atoms with Crippen LogP contribution in [0, 0.1) is 6.92 Å². The van der Waals surface area contributed by atoms with Gasteiger partial charge in [-0.2, -0.15) is 0 Å². The van der Waals surface area contributed by atoms with E-state index in [1.807, 2.05) is 79.8 Å². The summed E-state index contributed by atoms with van der Waals surface area (Å²) >= 11 is 1.46. The van der Waals surface area contributed by atoms with Gasteiger partial charge in [-0.3, -0.25) is 9.59 Å². The molecule has 0 unspecified atom stereocenters. The van der Waals surface area contributed by atoms with Gasteiger partial charge in [0.1, 0.15) is 18.1 Å². The third kappa shape index (κ3) is 4.90. The fraction of sp³-hybridized carbons (Fsp3) is 0.259. The first-order valence-electron chi connectivity index (χ1n) is 11.1. The van der Waals surface area contributed by atoms with Gasteiger partial charge in [-0.05, 0) is 61.8 Å². The number of hydrogen-bond donors (Lipinski definition) is 1. The van der Waals surface area contributed by atoms with Crippen molar-refractivity contribution >= 4 is 28.8 Å². The monoisotopic (exact) mass is 476 g/mol. The zero-order chi connectivity index (χ0) is 24.2. The van der Waals surface area contributed by atoms with Crippen LogP contribution >= 0.6 is 11.3 Å². The second kappa shape index (κ2) is 10.2. The largest absolute Gasteiger partial charge is 0.507 e. The molecule has 7 heteroatoms. The number of aliphatic hydroxyl groups excluding tert-OH is 1. The third-order valence-electron chi connectivity index (χ3n) is 5.84. The summed E-state index contributed by atoms with van der Waals surface area (Å²) in [5, 5.41) is 13.2. The van der Waals surface area contributed by atoms with E-state index < -0.39 is 17.7 Å². The van der Waals surface area contributed by atoms with Crippen molar-refractivity contribution < 1.29 is 19.4 Å². The van der Waals surface area contributed by atoms with E-state index in [0.29, 0.717) is 31.0 Å². The molecule has 2 heterocycles. The summed E-state index contributed by atoms with van der Waals surface area (Å²) in [4.78, 5) is 30.4. The maximum atomic E-state index is 13.1. The zero-order valence-corrected chi connectivity index (χ0v) is 20.3. The molecular formula is C27H28N2O4S. The van der Waals surface area contributed by atoms with Gasteiger partial charge >= 0.3 is 0 Å². The average molecular weight is 477 g/mol. The number of Topliss-reactive ketones (excluding diaryl/α,β-unsaturated/α-hetero) is 1. The van der Waals surface area contributed by atoms with Crippen molar-refractivity contribution in [2.45, 2.75) is 19.6 Å². The Kier molecular flexibility index (Phi) is 7.14. The first-order chi connectivity index (χ1) is 16.4. The van der Waals surface area contributed by atoms with Crippen molar-refractivity contribution in [3.05, 3.63) is 93.2 Å². The first-order valence-corrected chi connectivity index (χ1v) is 12.0. The van der Waals surface area contributed by atoms with Gasteiger partial charge < -0.3 is 19.6 Å². The highest BCUT2D eigenvalue weighted by Gasteiger charge is 2.46. The molecule has 6 nitrogen and oxygen atoms in total. The molecule has 1 saturated heterocycles. The van der Waals surface area contributed by atoms with E-state index in [-0.39, 0.29) is 11.3 Å². The Labute approximate surface area is 203 Å². The minimum Gasteiger partial charge on any atom is -0.507 e. The highest BCUT2D eigenvalue weighted by Crippen LogP contribution is 2.41. The Bertz CT molecular complexity index is 1200. The molecule has 0 saturated carbocycles. The Balaban J connectivity index is 1.66. The van der Waals surface area contributed by atoms with Crippen molar-refractivity contribution in [2.75, 3.05) is 27.2 Å². The number of carbonyl (C=O) groups is 2. The van der Waals surface area contributed by atoms with Crippen molar-refractivity contribution in [2.24, 2.45) is 0 Å². The number of aliphatic hydroxyl groups is 1. The number of hydrogen-bond acceptors (Lipinski definition) is 6. The van der Waals surface area contributed by atoms with Crippen molar-refractivity contribution in [1.29, 1.82) is 0 Å². The number of carbonyl (C=O) groups excluding carboxylic acids is 2. The van der Waals surface area contributed by atoms with Crippen LogP contribution in [0.4, 0.5) is 0 Å². The quantitative estimate of drug-likeness (QED) is 0.292. The second-order valence-electron chi connectivity index (χ2n) is 8.56. The van der Waals surface area contributed by atoms with Gasteiger partial charge in [0.2, 0.25) is 0 Å². The third-order valence-corrected chi connectivity index (χ3v) is 6.77. The Morgan fingerprint density at radius 2 is 1.85 bits per heavy atom. The molecule has 1 aromatic heterocycles. The minimum absolute atomic E-state index is 0.132. The fourth-order valence-corrected chi connectivity index (χ4v) is 4.88. The predicted octanol–water partition coefficient (Wildman–Crippen LogP) is 4.62. The lowest BCUT2D eigenvalue weighted by atomic mass is 9.97. The molecule has 3 aromatic rings. The van der Waals surface area contributed by atoms with Gasteiger partial charge in [0.15, 0.2) is 0 Å². The summed E-state index contributed by atoms with van der Waals surface area (Å²) in [6, 6.07) is 18.4.